The Morgan fingerprint density at radius 2 is 2.17 bits per heavy atom. The molecule has 0 spiro atoms. The average Bonchev–Trinajstić information content (AvgIpc) is 2.75. The van der Waals surface area contributed by atoms with E-state index in [1.54, 1.807) is 13.8 Å². The minimum absolute atomic E-state index is 0.0441. The number of sulfonamides is 1. The van der Waals surface area contributed by atoms with E-state index in [4.69, 9.17) is 9.84 Å². The normalized spacial score (nSPS) is 22.3. The summed E-state index contributed by atoms with van der Waals surface area (Å²) in [5.41, 5.74) is 0. The maximum absolute atomic E-state index is 11.8. The van der Waals surface area contributed by atoms with Gasteiger partial charge in [0, 0.05) is 13.2 Å². The fraction of sp³-hybridized carbons (Fsp3) is 0.909. The number of carboxylic acids is 1. The molecule has 0 amide bonds. The van der Waals surface area contributed by atoms with Crippen LogP contribution < -0.4 is 4.72 Å². The van der Waals surface area contributed by atoms with E-state index in [9.17, 15) is 13.2 Å². The molecule has 7 heteroatoms. The summed E-state index contributed by atoms with van der Waals surface area (Å²) in [7, 11) is -3.54. The number of hydrogen-bond donors (Lipinski definition) is 2. The van der Waals surface area contributed by atoms with E-state index in [2.05, 4.69) is 4.72 Å². The summed E-state index contributed by atoms with van der Waals surface area (Å²) in [5, 5.41) is 8.94. The molecule has 0 aromatic carbocycles. The van der Waals surface area contributed by atoms with Crippen LogP contribution in [0.1, 0.15) is 26.7 Å². The molecule has 1 aliphatic rings. The van der Waals surface area contributed by atoms with Gasteiger partial charge in [0.2, 0.25) is 10.0 Å². The number of carboxylic acid groups (broad SMARTS) is 1. The Hall–Kier alpha value is -0.660. The molecule has 1 saturated heterocycles. The van der Waals surface area contributed by atoms with E-state index >= 15 is 0 Å². The Morgan fingerprint density at radius 1 is 1.50 bits per heavy atom. The van der Waals surface area contributed by atoms with E-state index in [1.165, 1.54) is 0 Å². The first kappa shape index (κ1) is 15.4. The minimum atomic E-state index is -3.54. The fourth-order valence-corrected chi connectivity index (χ4v) is 3.38. The Morgan fingerprint density at radius 3 is 2.61 bits per heavy atom. The Kier molecular flexibility index (Phi) is 5.55. The first-order valence-corrected chi connectivity index (χ1v) is 7.77. The number of nitrogens with one attached hydrogen (secondary N) is 1. The Bertz CT molecular complexity index is 373. The number of carbonyl (C=O) groups is 1. The average molecular weight is 279 g/mol. The van der Waals surface area contributed by atoms with Crippen LogP contribution in [-0.2, 0) is 19.6 Å². The summed E-state index contributed by atoms with van der Waals surface area (Å²) in [4.78, 5) is 10.9. The van der Waals surface area contributed by atoms with Gasteiger partial charge in [0.1, 0.15) is 6.04 Å². The molecular formula is C11H21NO5S. The smallest absolute Gasteiger partial charge is 0.321 e. The predicted octanol–water partition coefficient (Wildman–Crippen LogP) is 0.442. The molecule has 0 saturated carbocycles. The number of ether oxygens (including phenoxy) is 1. The molecule has 1 heterocycles. The van der Waals surface area contributed by atoms with Gasteiger partial charge < -0.3 is 9.84 Å². The summed E-state index contributed by atoms with van der Waals surface area (Å²) in [6, 6.07) is -1.06. The maximum Gasteiger partial charge on any atom is 0.321 e. The zero-order chi connectivity index (χ0) is 13.8. The second-order valence-electron chi connectivity index (χ2n) is 5.01. The highest BCUT2D eigenvalue weighted by Gasteiger charge is 2.27. The molecule has 6 nitrogen and oxygen atoms in total. The van der Waals surface area contributed by atoms with Crippen LogP contribution in [0.5, 0.6) is 0 Å². The highest BCUT2D eigenvalue weighted by molar-refractivity contribution is 7.89. The molecular weight excluding hydrogens is 258 g/mol. The fourth-order valence-electron chi connectivity index (χ4n) is 1.86. The van der Waals surface area contributed by atoms with Gasteiger partial charge in [0.15, 0.2) is 0 Å². The first-order valence-electron chi connectivity index (χ1n) is 6.12. The molecule has 0 aromatic heterocycles. The van der Waals surface area contributed by atoms with Crippen molar-refractivity contribution in [3.8, 4) is 0 Å². The van der Waals surface area contributed by atoms with E-state index < -0.39 is 22.0 Å². The molecule has 0 bridgehead atoms. The number of rotatable bonds is 7. The lowest BCUT2D eigenvalue weighted by Crippen LogP contribution is -2.45. The van der Waals surface area contributed by atoms with Crippen molar-refractivity contribution in [3.63, 3.8) is 0 Å². The van der Waals surface area contributed by atoms with Crippen LogP contribution in [0, 0.1) is 11.8 Å². The topological polar surface area (TPSA) is 92.7 Å². The third kappa shape index (κ3) is 4.91. The van der Waals surface area contributed by atoms with Crippen molar-refractivity contribution < 1.29 is 23.1 Å². The predicted molar refractivity (Wildman–Crippen MR) is 66.7 cm³/mol. The molecule has 1 unspecified atom stereocenters. The van der Waals surface area contributed by atoms with E-state index in [0.717, 1.165) is 6.42 Å². The second kappa shape index (κ2) is 6.49. The van der Waals surface area contributed by atoms with Crippen molar-refractivity contribution in [2.45, 2.75) is 32.7 Å². The molecule has 106 valence electrons. The van der Waals surface area contributed by atoms with Crippen molar-refractivity contribution in [2.24, 2.45) is 11.8 Å². The summed E-state index contributed by atoms with van der Waals surface area (Å²) >= 11 is 0. The lowest BCUT2D eigenvalue weighted by molar-refractivity contribution is -0.140. The van der Waals surface area contributed by atoms with Crippen LogP contribution in [0.15, 0.2) is 0 Å². The quantitative estimate of drug-likeness (QED) is 0.705. The molecule has 0 aliphatic carbocycles. The van der Waals surface area contributed by atoms with Crippen molar-refractivity contribution in [3.05, 3.63) is 0 Å². The summed E-state index contributed by atoms with van der Waals surface area (Å²) in [6.45, 7) is 4.63. The van der Waals surface area contributed by atoms with Gasteiger partial charge in [-0.15, -0.1) is 0 Å². The first-order chi connectivity index (χ1) is 8.32. The lowest BCUT2D eigenvalue weighted by atomic mass is 10.1. The van der Waals surface area contributed by atoms with Gasteiger partial charge in [-0.05, 0) is 24.7 Å². The molecule has 0 radical (unpaired) electrons. The van der Waals surface area contributed by atoms with E-state index in [1.807, 2.05) is 0 Å². The zero-order valence-electron chi connectivity index (χ0n) is 10.8. The molecule has 1 rings (SSSR count). The lowest BCUT2D eigenvalue weighted by Gasteiger charge is -2.18. The highest BCUT2D eigenvalue weighted by Crippen LogP contribution is 2.17. The van der Waals surface area contributed by atoms with Gasteiger partial charge in [0.25, 0.3) is 0 Å². The molecule has 0 aromatic rings. The number of aliphatic carboxylic acids is 1. The Balaban J connectivity index is 2.49. The molecule has 2 N–H and O–H groups in total. The summed E-state index contributed by atoms with van der Waals surface area (Å²) < 4.78 is 31.0. The number of hydrogen-bond acceptors (Lipinski definition) is 4. The van der Waals surface area contributed by atoms with Crippen molar-refractivity contribution in [2.75, 3.05) is 19.0 Å². The van der Waals surface area contributed by atoms with Crippen LogP contribution in [0.25, 0.3) is 0 Å². The van der Waals surface area contributed by atoms with Gasteiger partial charge >= 0.3 is 5.97 Å². The van der Waals surface area contributed by atoms with Gasteiger partial charge in [0.05, 0.1) is 5.75 Å². The highest BCUT2D eigenvalue weighted by atomic mass is 32.2. The van der Waals surface area contributed by atoms with Crippen molar-refractivity contribution >= 4 is 16.0 Å². The minimum Gasteiger partial charge on any atom is -0.480 e. The van der Waals surface area contributed by atoms with Crippen LogP contribution in [0.4, 0.5) is 0 Å². The van der Waals surface area contributed by atoms with Gasteiger partial charge in [-0.2, -0.15) is 0 Å². The third-order valence-corrected chi connectivity index (χ3v) is 4.44. The van der Waals surface area contributed by atoms with Gasteiger partial charge in [-0.1, -0.05) is 13.8 Å². The largest absolute Gasteiger partial charge is 0.480 e. The van der Waals surface area contributed by atoms with Crippen LogP contribution in [-0.4, -0.2) is 44.5 Å². The zero-order valence-corrected chi connectivity index (χ0v) is 11.6. The molecule has 2 atom stereocenters. The summed E-state index contributed by atoms with van der Waals surface area (Å²) in [5.74, 6) is -1.20. The maximum atomic E-state index is 11.8. The van der Waals surface area contributed by atoms with E-state index in [0.29, 0.717) is 19.6 Å². The van der Waals surface area contributed by atoms with Crippen LogP contribution in [0.3, 0.4) is 0 Å². The van der Waals surface area contributed by atoms with Crippen LogP contribution >= 0.6 is 0 Å². The second-order valence-corrected chi connectivity index (χ2v) is 6.89. The monoisotopic (exact) mass is 279 g/mol. The SMILES string of the molecule is CC(C)[C@H](NS(=O)(=O)CCC1CCOC1)C(=O)O. The van der Waals surface area contributed by atoms with Gasteiger partial charge in [-0.3, -0.25) is 4.79 Å². The van der Waals surface area contributed by atoms with Crippen molar-refractivity contribution in [1.82, 2.24) is 4.72 Å². The third-order valence-electron chi connectivity index (χ3n) is 3.06. The molecule has 18 heavy (non-hydrogen) atoms. The standard InChI is InChI=1S/C11H21NO5S/c1-8(2)10(11(13)14)12-18(15,16)6-4-9-3-5-17-7-9/h8-10,12H,3-7H2,1-2H3,(H,13,14)/t9?,10-/m0/s1. The molecule has 1 fully saturated rings. The van der Waals surface area contributed by atoms with Gasteiger partial charge in [-0.25, -0.2) is 13.1 Å². The van der Waals surface area contributed by atoms with Crippen LogP contribution in [0.2, 0.25) is 0 Å². The Labute approximate surface area is 108 Å². The van der Waals surface area contributed by atoms with E-state index in [-0.39, 0.29) is 17.6 Å². The van der Waals surface area contributed by atoms with Crippen molar-refractivity contribution in [1.29, 1.82) is 0 Å². The molecule has 1 aliphatic heterocycles. The summed E-state index contributed by atoms with van der Waals surface area (Å²) in [6.07, 6.45) is 1.39.